The normalized spacial score (nSPS) is 10.5. The minimum atomic E-state index is -0.430. The molecule has 0 unspecified atom stereocenters. The van der Waals surface area contributed by atoms with Gasteiger partial charge in [-0.2, -0.15) is 0 Å². The van der Waals surface area contributed by atoms with Gasteiger partial charge < -0.3 is 19.5 Å². The molecule has 0 aliphatic heterocycles. The molecule has 0 heterocycles. The number of carbonyl (C=O) groups excluding carboxylic acids is 1. The largest absolute Gasteiger partial charge is 0.493 e. The Labute approximate surface area is 125 Å². The highest BCUT2D eigenvalue weighted by Gasteiger charge is 2.17. The van der Waals surface area contributed by atoms with E-state index >= 15 is 0 Å². The van der Waals surface area contributed by atoms with Gasteiger partial charge in [0.2, 0.25) is 0 Å². The van der Waals surface area contributed by atoms with Crippen molar-refractivity contribution in [3.8, 4) is 11.5 Å². The van der Waals surface area contributed by atoms with Gasteiger partial charge in [0, 0.05) is 12.1 Å². The fourth-order valence-electron chi connectivity index (χ4n) is 1.73. The summed E-state index contributed by atoms with van der Waals surface area (Å²) in [6.07, 6.45) is 5.58. The minimum Gasteiger partial charge on any atom is -0.493 e. The number of rotatable bonds is 8. The molecular formula is C16H23NO4. The molecule has 0 saturated carbocycles. The van der Waals surface area contributed by atoms with Gasteiger partial charge in [-0.25, -0.2) is 4.79 Å². The van der Waals surface area contributed by atoms with Crippen LogP contribution in [0.25, 0.3) is 0 Å². The van der Waals surface area contributed by atoms with Gasteiger partial charge in [0.25, 0.3) is 0 Å². The third kappa shape index (κ3) is 4.70. The first-order valence-corrected chi connectivity index (χ1v) is 6.98. The fraction of sp³-hybridized carbons (Fsp3) is 0.438. The van der Waals surface area contributed by atoms with Gasteiger partial charge >= 0.3 is 5.97 Å². The molecule has 116 valence electrons. The van der Waals surface area contributed by atoms with Crippen LogP contribution >= 0.6 is 0 Å². The number of hydrogen-bond acceptors (Lipinski definition) is 5. The number of ether oxygens (including phenoxy) is 3. The maximum atomic E-state index is 11.9. The first-order valence-electron chi connectivity index (χ1n) is 6.98. The summed E-state index contributed by atoms with van der Waals surface area (Å²) < 4.78 is 15.8. The van der Waals surface area contributed by atoms with Gasteiger partial charge in [0.15, 0.2) is 11.5 Å². The van der Waals surface area contributed by atoms with Crippen LogP contribution in [0.2, 0.25) is 0 Å². The van der Waals surface area contributed by atoms with E-state index in [9.17, 15) is 4.79 Å². The molecule has 5 heteroatoms. The highest BCUT2D eigenvalue weighted by Crippen LogP contribution is 2.34. The Kier molecular flexibility index (Phi) is 7.15. The number of anilines is 1. The van der Waals surface area contributed by atoms with Gasteiger partial charge in [-0.1, -0.05) is 19.4 Å². The van der Waals surface area contributed by atoms with E-state index in [1.807, 2.05) is 13.0 Å². The molecule has 0 aromatic heterocycles. The van der Waals surface area contributed by atoms with Crippen molar-refractivity contribution in [3.63, 3.8) is 0 Å². The predicted molar refractivity (Wildman–Crippen MR) is 83.2 cm³/mol. The van der Waals surface area contributed by atoms with Crippen LogP contribution in [-0.2, 0) is 4.74 Å². The zero-order valence-electron chi connectivity index (χ0n) is 13.1. The highest BCUT2D eigenvalue weighted by molar-refractivity contribution is 5.97. The lowest BCUT2D eigenvalue weighted by molar-refractivity contribution is 0.0601. The van der Waals surface area contributed by atoms with Crippen LogP contribution in [0.3, 0.4) is 0 Å². The number of unbranched alkanes of at least 4 members (excludes halogenated alkanes) is 1. The number of benzene rings is 1. The molecule has 0 amide bonds. The van der Waals surface area contributed by atoms with Gasteiger partial charge in [0.1, 0.15) is 0 Å². The van der Waals surface area contributed by atoms with E-state index in [1.54, 1.807) is 25.4 Å². The SMILES string of the molecule is C/C=C/Nc1cc(OCCCC)c(OC)cc1C(=O)OC. The Morgan fingerprint density at radius 1 is 1.29 bits per heavy atom. The summed E-state index contributed by atoms with van der Waals surface area (Å²) in [5.41, 5.74) is 1.02. The number of methoxy groups -OCH3 is 2. The summed E-state index contributed by atoms with van der Waals surface area (Å²) >= 11 is 0. The van der Waals surface area contributed by atoms with E-state index in [0.29, 0.717) is 29.4 Å². The maximum Gasteiger partial charge on any atom is 0.340 e. The third-order valence-corrected chi connectivity index (χ3v) is 2.87. The number of hydrogen-bond donors (Lipinski definition) is 1. The van der Waals surface area contributed by atoms with Gasteiger partial charge in [-0.05, 0) is 19.5 Å². The molecule has 5 nitrogen and oxygen atoms in total. The number of esters is 1. The Bertz CT molecular complexity index is 497. The molecule has 0 atom stereocenters. The molecule has 1 aromatic carbocycles. The average Bonchev–Trinajstić information content (AvgIpc) is 2.52. The molecule has 0 bridgehead atoms. The van der Waals surface area contributed by atoms with Crippen molar-refractivity contribution in [2.24, 2.45) is 0 Å². The van der Waals surface area contributed by atoms with Crippen LogP contribution in [0.1, 0.15) is 37.0 Å². The first kappa shape index (κ1) is 16.9. The number of allylic oxidation sites excluding steroid dienone is 1. The van der Waals surface area contributed by atoms with E-state index in [1.165, 1.54) is 7.11 Å². The molecule has 0 aliphatic carbocycles. The molecule has 0 saturated heterocycles. The first-order chi connectivity index (χ1) is 10.2. The van der Waals surface area contributed by atoms with Crippen LogP contribution in [0, 0.1) is 0 Å². The van der Waals surface area contributed by atoms with Crippen molar-refractivity contribution in [1.29, 1.82) is 0 Å². The molecule has 0 aliphatic rings. The summed E-state index contributed by atoms with van der Waals surface area (Å²) in [4.78, 5) is 11.9. The summed E-state index contributed by atoms with van der Waals surface area (Å²) in [6, 6.07) is 3.37. The lowest BCUT2D eigenvalue weighted by Gasteiger charge is -2.15. The Hall–Kier alpha value is -2.17. The van der Waals surface area contributed by atoms with Crippen molar-refractivity contribution in [3.05, 3.63) is 30.0 Å². The Balaban J connectivity index is 3.16. The van der Waals surface area contributed by atoms with Crippen LogP contribution in [0.4, 0.5) is 5.69 Å². The molecule has 1 rings (SSSR count). The molecule has 0 spiro atoms. The van der Waals surface area contributed by atoms with Gasteiger partial charge in [-0.3, -0.25) is 0 Å². The third-order valence-electron chi connectivity index (χ3n) is 2.87. The minimum absolute atomic E-state index is 0.398. The van der Waals surface area contributed by atoms with E-state index in [2.05, 4.69) is 12.2 Å². The van der Waals surface area contributed by atoms with E-state index < -0.39 is 5.97 Å². The quantitative estimate of drug-likeness (QED) is 0.586. The average molecular weight is 293 g/mol. The van der Waals surface area contributed by atoms with Crippen molar-refractivity contribution < 1.29 is 19.0 Å². The molecule has 0 fully saturated rings. The smallest absolute Gasteiger partial charge is 0.340 e. The molecular weight excluding hydrogens is 270 g/mol. The van der Waals surface area contributed by atoms with Crippen molar-refractivity contribution in [2.75, 3.05) is 26.1 Å². The molecule has 1 N–H and O–H groups in total. The summed E-state index contributed by atoms with van der Waals surface area (Å²) in [5, 5.41) is 3.04. The van der Waals surface area contributed by atoms with Crippen molar-refractivity contribution >= 4 is 11.7 Å². The van der Waals surface area contributed by atoms with Gasteiger partial charge in [-0.15, -0.1) is 0 Å². The summed E-state index contributed by atoms with van der Waals surface area (Å²) in [6.45, 7) is 4.58. The van der Waals surface area contributed by atoms with Gasteiger partial charge in [0.05, 0.1) is 32.1 Å². The number of nitrogens with one attached hydrogen (secondary N) is 1. The van der Waals surface area contributed by atoms with E-state index in [-0.39, 0.29) is 0 Å². The summed E-state index contributed by atoms with van der Waals surface area (Å²) in [7, 11) is 2.89. The maximum absolute atomic E-state index is 11.9. The van der Waals surface area contributed by atoms with Crippen LogP contribution in [0.15, 0.2) is 24.4 Å². The molecule has 21 heavy (non-hydrogen) atoms. The van der Waals surface area contributed by atoms with Crippen LogP contribution in [0.5, 0.6) is 11.5 Å². The highest BCUT2D eigenvalue weighted by atomic mass is 16.5. The van der Waals surface area contributed by atoms with Crippen molar-refractivity contribution in [2.45, 2.75) is 26.7 Å². The Morgan fingerprint density at radius 2 is 2.05 bits per heavy atom. The van der Waals surface area contributed by atoms with E-state index in [4.69, 9.17) is 14.2 Å². The van der Waals surface area contributed by atoms with Crippen LogP contribution in [-0.4, -0.2) is 26.8 Å². The second kappa shape index (κ2) is 8.89. The number of carbonyl (C=O) groups is 1. The summed E-state index contributed by atoms with van der Waals surface area (Å²) in [5.74, 6) is 0.684. The predicted octanol–water partition coefficient (Wildman–Crippen LogP) is 3.61. The Morgan fingerprint density at radius 3 is 2.62 bits per heavy atom. The molecule has 1 aromatic rings. The topological polar surface area (TPSA) is 56.8 Å². The monoisotopic (exact) mass is 293 g/mol. The standard InChI is InChI=1S/C16H23NO4/c1-5-7-9-21-15-11-13(17-8-6-2)12(16(18)20-4)10-14(15)19-3/h6,8,10-11,17H,5,7,9H2,1-4H3/b8-6+. The second-order valence-corrected chi connectivity index (χ2v) is 4.39. The van der Waals surface area contributed by atoms with E-state index in [0.717, 1.165) is 12.8 Å². The molecule has 0 radical (unpaired) electrons. The lowest BCUT2D eigenvalue weighted by Crippen LogP contribution is -2.07. The zero-order chi connectivity index (χ0) is 15.7. The fourth-order valence-corrected chi connectivity index (χ4v) is 1.73. The second-order valence-electron chi connectivity index (χ2n) is 4.39. The van der Waals surface area contributed by atoms with Crippen molar-refractivity contribution in [1.82, 2.24) is 0 Å². The van der Waals surface area contributed by atoms with Crippen LogP contribution < -0.4 is 14.8 Å². The lowest BCUT2D eigenvalue weighted by atomic mass is 10.1. The zero-order valence-corrected chi connectivity index (χ0v) is 13.1.